The lowest BCUT2D eigenvalue weighted by atomic mass is 9.92. The van der Waals surface area contributed by atoms with Crippen molar-refractivity contribution in [3.05, 3.63) is 41.6 Å². The van der Waals surface area contributed by atoms with Crippen LogP contribution in [0.1, 0.15) is 37.8 Å². The predicted octanol–water partition coefficient (Wildman–Crippen LogP) is 4.21. The molecule has 0 saturated heterocycles. The van der Waals surface area contributed by atoms with Crippen molar-refractivity contribution in [2.75, 3.05) is 23.8 Å². The van der Waals surface area contributed by atoms with Crippen LogP contribution >= 0.6 is 0 Å². The molecular weight excluding hydrogens is 296 g/mol. The molecule has 1 aliphatic heterocycles. The van der Waals surface area contributed by atoms with E-state index in [1.165, 1.54) is 17.7 Å². The summed E-state index contributed by atoms with van der Waals surface area (Å²) in [6.45, 7) is 5.55. The average molecular weight is 320 g/mol. The van der Waals surface area contributed by atoms with Crippen molar-refractivity contribution >= 4 is 11.5 Å². The van der Waals surface area contributed by atoms with Gasteiger partial charge in [0.2, 0.25) is 0 Å². The number of nitriles is 1. The fourth-order valence-corrected chi connectivity index (χ4v) is 3.37. The molecule has 2 aromatic rings. The van der Waals surface area contributed by atoms with Crippen LogP contribution in [0, 0.1) is 11.3 Å². The zero-order valence-corrected chi connectivity index (χ0v) is 14.6. The van der Waals surface area contributed by atoms with Crippen molar-refractivity contribution in [3.8, 4) is 17.2 Å². The third kappa shape index (κ3) is 2.94. The third-order valence-corrected chi connectivity index (χ3v) is 4.95. The summed E-state index contributed by atoms with van der Waals surface area (Å²) in [4.78, 5) is 6.84. The Hall–Kier alpha value is -2.54. The van der Waals surface area contributed by atoms with E-state index in [1.807, 2.05) is 25.4 Å². The zero-order chi connectivity index (χ0) is 17.1. The minimum Gasteiger partial charge on any atom is -0.373 e. The van der Waals surface area contributed by atoms with Gasteiger partial charge >= 0.3 is 0 Å². The first-order chi connectivity index (χ1) is 11.7. The number of pyridine rings is 1. The molecule has 124 valence electrons. The summed E-state index contributed by atoms with van der Waals surface area (Å²) in [5.41, 5.74) is 5.28. The third-order valence-electron chi connectivity index (χ3n) is 4.95. The molecule has 24 heavy (non-hydrogen) atoms. The summed E-state index contributed by atoms with van der Waals surface area (Å²) in [7, 11) is 1.85. The van der Waals surface area contributed by atoms with Crippen LogP contribution in [0.15, 0.2) is 30.5 Å². The second-order valence-electron chi connectivity index (χ2n) is 6.37. The molecule has 1 unspecified atom stereocenters. The van der Waals surface area contributed by atoms with E-state index in [9.17, 15) is 5.26 Å². The van der Waals surface area contributed by atoms with Crippen LogP contribution in [-0.2, 0) is 6.42 Å². The van der Waals surface area contributed by atoms with Crippen molar-refractivity contribution < 1.29 is 0 Å². The van der Waals surface area contributed by atoms with Crippen LogP contribution in [0.5, 0.6) is 0 Å². The highest BCUT2D eigenvalue weighted by Gasteiger charge is 2.22. The summed E-state index contributed by atoms with van der Waals surface area (Å²) in [6, 6.07) is 11.1. The summed E-state index contributed by atoms with van der Waals surface area (Å²) >= 11 is 0. The van der Waals surface area contributed by atoms with Gasteiger partial charge in [0.05, 0.1) is 11.6 Å². The molecule has 4 heteroatoms. The molecule has 0 saturated carbocycles. The van der Waals surface area contributed by atoms with Gasteiger partial charge in [0.25, 0.3) is 0 Å². The molecule has 1 N–H and O–H groups in total. The van der Waals surface area contributed by atoms with Gasteiger partial charge in [-0.05, 0) is 56.0 Å². The number of aryl methyl sites for hydroxylation is 1. The molecule has 1 aromatic carbocycles. The summed E-state index contributed by atoms with van der Waals surface area (Å²) in [6.07, 6.45) is 5.19. The molecule has 0 amide bonds. The number of aromatic nitrogens is 1. The lowest BCUT2D eigenvalue weighted by Crippen LogP contribution is -2.37. The van der Waals surface area contributed by atoms with Gasteiger partial charge in [-0.1, -0.05) is 6.92 Å². The number of fused-ring (bicyclic) bond motifs is 1. The normalized spacial score (nSPS) is 14.7. The summed E-state index contributed by atoms with van der Waals surface area (Å²) < 4.78 is 0. The molecule has 0 bridgehead atoms. The Morgan fingerprint density at radius 1 is 1.38 bits per heavy atom. The summed E-state index contributed by atoms with van der Waals surface area (Å²) in [5, 5.41) is 12.7. The quantitative estimate of drug-likeness (QED) is 0.916. The Bertz CT molecular complexity index is 758. The Morgan fingerprint density at radius 3 is 2.83 bits per heavy atom. The number of benzene rings is 1. The van der Waals surface area contributed by atoms with E-state index in [-0.39, 0.29) is 0 Å². The van der Waals surface area contributed by atoms with E-state index in [2.05, 4.69) is 47.3 Å². The van der Waals surface area contributed by atoms with Crippen molar-refractivity contribution in [1.82, 2.24) is 4.98 Å². The predicted molar refractivity (Wildman–Crippen MR) is 99.4 cm³/mol. The molecule has 0 aliphatic carbocycles. The second-order valence-corrected chi connectivity index (χ2v) is 6.37. The SMILES string of the molecule is CCC(C)N1CCCc2cc(-c3ccc(NC)nc3)c(C#N)cc21. The molecular formula is C20H24N4. The molecule has 1 aliphatic rings. The molecule has 1 atom stereocenters. The van der Waals surface area contributed by atoms with Crippen molar-refractivity contribution in [2.45, 2.75) is 39.2 Å². The molecule has 0 fully saturated rings. The Kier molecular flexibility index (Phi) is 4.71. The molecule has 0 spiro atoms. The fraction of sp³-hybridized carbons (Fsp3) is 0.400. The number of rotatable bonds is 4. The van der Waals surface area contributed by atoms with Gasteiger partial charge in [0.15, 0.2) is 0 Å². The van der Waals surface area contributed by atoms with Gasteiger partial charge in [-0.15, -0.1) is 0 Å². The number of nitrogens with one attached hydrogen (secondary N) is 1. The van der Waals surface area contributed by atoms with Gasteiger partial charge in [-0.25, -0.2) is 4.98 Å². The highest BCUT2D eigenvalue weighted by molar-refractivity contribution is 5.76. The average Bonchev–Trinajstić information content (AvgIpc) is 2.65. The van der Waals surface area contributed by atoms with E-state index in [0.29, 0.717) is 6.04 Å². The Labute approximate surface area is 144 Å². The lowest BCUT2D eigenvalue weighted by Gasteiger charge is -2.36. The van der Waals surface area contributed by atoms with E-state index < -0.39 is 0 Å². The highest BCUT2D eigenvalue weighted by atomic mass is 15.2. The van der Waals surface area contributed by atoms with E-state index in [1.54, 1.807) is 0 Å². The molecule has 2 heterocycles. The molecule has 3 rings (SSSR count). The lowest BCUT2D eigenvalue weighted by molar-refractivity contribution is 0.580. The maximum atomic E-state index is 9.66. The Balaban J connectivity index is 2.07. The topological polar surface area (TPSA) is 52.0 Å². The fourth-order valence-electron chi connectivity index (χ4n) is 3.37. The standard InChI is InChI=1S/C20H24N4/c1-4-14(2)24-9-5-6-15-10-18(17(12-21)11-19(15)24)16-7-8-20(22-3)23-13-16/h7-8,10-11,13-14H,4-6,9H2,1-3H3,(H,22,23). The maximum absolute atomic E-state index is 9.66. The van der Waals surface area contributed by atoms with E-state index in [0.717, 1.165) is 41.9 Å². The van der Waals surface area contributed by atoms with Gasteiger partial charge in [0.1, 0.15) is 5.82 Å². The number of hydrogen-bond acceptors (Lipinski definition) is 4. The summed E-state index contributed by atoms with van der Waals surface area (Å²) in [5.74, 6) is 0.832. The molecule has 4 nitrogen and oxygen atoms in total. The first-order valence-corrected chi connectivity index (χ1v) is 8.65. The molecule has 0 radical (unpaired) electrons. The van der Waals surface area contributed by atoms with Gasteiger partial charge in [-0.3, -0.25) is 0 Å². The smallest absolute Gasteiger partial charge is 0.125 e. The van der Waals surface area contributed by atoms with Crippen LogP contribution < -0.4 is 10.2 Å². The number of anilines is 2. The maximum Gasteiger partial charge on any atom is 0.125 e. The largest absolute Gasteiger partial charge is 0.373 e. The second kappa shape index (κ2) is 6.92. The van der Waals surface area contributed by atoms with E-state index in [4.69, 9.17) is 0 Å². The first kappa shape index (κ1) is 16.3. The molecule has 1 aromatic heterocycles. The highest BCUT2D eigenvalue weighted by Crippen LogP contribution is 2.35. The minimum atomic E-state index is 0.498. The van der Waals surface area contributed by atoms with Gasteiger partial charge in [-0.2, -0.15) is 5.26 Å². The zero-order valence-electron chi connectivity index (χ0n) is 14.6. The van der Waals surface area contributed by atoms with Crippen LogP contribution in [0.4, 0.5) is 11.5 Å². The first-order valence-electron chi connectivity index (χ1n) is 8.65. The van der Waals surface area contributed by atoms with Gasteiger partial charge in [0, 0.05) is 42.6 Å². The van der Waals surface area contributed by atoms with Crippen molar-refractivity contribution in [2.24, 2.45) is 0 Å². The monoisotopic (exact) mass is 320 g/mol. The number of nitrogens with zero attached hydrogens (tertiary/aromatic N) is 3. The van der Waals surface area contributed by atoms with Crippen LogP contribution in [0.2, 0.25) is 0 Å². The minimum absolute atomic E-state index is 0.498. The van der Waals surface area contributed by atoms with Gasteiger partial charge < -0.3 is 10.2 Å². The van der Waals surface area contributed by atoms with Crippen molar-refractivity contribution in [3.63, 3.8) is 0 Å². The van der Waals surface area contributed by atoms with Crippen molar-refractivity contribution in [1.29, 1.82) is 5.26 Å². The Morgan fingerprint density at radius 2 is 2.21 bits per heavy atom. The van der Waals surface area contributed by atoms with Crippen LogP contribution in [0.25, 0.3) is 11.1 Å². The van der Waals surface area contributed by atoms with E-state index >= 15 is 0 Å². The van der Waals surface area contributed by atoms with Crippen LogP contribution in [-0.4, -0.2) is 24.6 Å². The van der Waals surface area contributed by atoms with Crippen LogP contribution in [0.3, 0.4) is 0 Å². The number of hydrogen-bond donors (Lipinski definition) is 1.